The van der Waals surface area contributed by atoms with Crippen LogP contribution < -0.4 is 5.32 Å². The molecular weight excluding hydrogens is 338 g/mol. The van der Waals surface area contributed by atoms with Gasteiger partial charge < -0.3 is 9.73 Å². The van der Waals surface area contributed by atoms with Crippen LogP contribution in [-0.2, 0) is 0 Å². The summed E-state index contributed by atoms with van der Waals surface area (Å²) in [5.41, 5.74) is 2.21. The van der Waals surface area contributed by atoms with Crippen molar-refractivity contribution in [3.8, 4) is 17.5 Å². The number of hydrogen-bond donors (Lipinski definition) is 1. The maximum atomic E-state index is 9.42. The Balaban J connectivity index is 1.83. The van der Waals surface area contributed by atoms with Gasteiger partial charge in [0.15, 0.2) is 0 Å². The van der Waals surface area contributed by atoms with E-state index in [0.29, 0.717) is 18.3 Å². The Morgan fingerprint density at radius 2 is 1.93 bits per heavy atom. The van der Waals surface area contributed by atoms with Crippen LogP contribution >= 0.6 is 0 Å². The van der Waals surface area contributed by atoms with Gasteiger partial charge in [0.2, 0.25) is 17.5 Å². The first-order chi connectivity index (χ1) is 13.3. The Kier molecular flexibility index (Phi) is 6.18. The summed E-state index contributed by atoms with van der Waals surface area (Å²) in [6.45, 7) is 6.77. The summed E-state index contributed by atoms with van der Waals surface area (Å²) in [4.78, 5) is 10.7. The number of nitriles is 1. The summed E-state index contributed by atoms with van der Waals surface area (Å²) in [6, 6.07) is 16.3. The van der Waals surface area contributed by atoms with E-state index in [2.05, 4.69) is 52.2 Å². The van der Waals surface area contributed by atoms with Gasteiger partial charge in [-0.05, 0) is 30.8 Å². The van der Waals surface area contributed by atoms with Crippen LogP contribution in [0, 0.1) is 11.3 Å². The van der Waals surface area contributed by atoms with Crippen molar-refractivity contribution in [2.24, 2.45) is 0 Å². The lowest BCUT2D eigenvalue weighted by atomic mass is 10.1. The maximum Gasteiger partial charge on any atom is 0.232 e. The highest BCUT2D eigenvalue weighted by atomic mass is 16.4. The van der Waals surface area contributed by atoms with E-state index in [4.69, 9.17) is 4.42 Å². The third-order valence-corrected chi connectivity index (χ3v) is 4.54. The van der Waals surface area contributed by atoms with Crippen LogP contribution in [0.5, 0.6) is 0 Å². The topological polar surface area (TPSA) is 78.0 Å². The van der Waals surface area contributed by atoms with E-state index >= 15 is 0 Å². The molecule has 0 saturated carbocycles. The van der Waals surface area contributed by atoms with Crippen molar-refractivity contribution in [1.29, 1.82) is 5.26 Å². The molecule has 0 amide bonds. The lowest BCUT2D eigenvalue weighted by Crippen LogP contribution is -2.33. The SMILES string of the molecule is CCN(CC)C(CNc1oc(-c2cccnc2)nc1C#N)c1ccccc1. The smallest absolute Gasteiger partial charge is 0.232 e. The second kappa shape index (κ2) is 8.97. The van der Waals surface area contributed by atoms with E-state index in [1.807, 2.05) is 30.3 Å². The van der Waals surface area contributed by atoms with Crippen molar-refractivity contribution in [2.75, 3.05) is 25.0 Å². The molecular formula is C21H23N5O. The Bertz CT molecular complexity index is 882. The van der Waals surface area contributed by atoms with E-state index in [0.717, 1.165) is 18.7 Å². The van der Waals surface area contributed by atoms with E-state index in [9.17, 15) is 5.26 Å². The van der Waals surface area contributed by atoms with Gasteiger partial charge in [-0.2, -0.15) is 10.2 Å². The molecule has 0 aliphatic rings. The molecule has 0 spiro atoms. The highest BCUT2D eigenvalue weighted by Crippen LogP contribution is 2.27. The van der Waals surface area contributed by atoms with E-state index < -0.39 is 0 Å². The van der Waals surface area contributed by atoms with Gasteiger partial charge in [-0.15, -0.1) is 0 Å². The molecule has 1 N–H and O–H groups in total. The van der Waals surface area contributed by atoms with Gasteiger partial charge in [-0.25, -0.2) is 0 Å². The Labute approximate surface area is 159 Å². The van der Waals surface area contributed by atoms with Crippen LogP contribution in [0.4, 0.5) is 5.88 Å². The van der Waals surface area contributed by atoms with Crippen molar-refractivity contribution in [1.82, 2.24) is 14.9 Å². The molecule has 27 heavy (non-hydrogen) atoms. The molecule has 0 radical (unpaired) electrons. The van der Waals surface area contributed by atoms with Crippen molar-refractivity contribution in [2.45, 2.75) is 19.9 Å². The number of aromatic nitrogens is 2. The lowest BCUT2D eigenvalue weighted by Gasteiger charge is -2.30. The van der Waals surface area contributed by atoms with Gasteiger partial charge in [-0.3, -0.25) is 9.88 Å². The molecule has 0 fully saturated rings. The average Bonchev–Trinajstić information content (AvgIpc) is 3.15. The van der Waals surface area contributed by atoms with E-state index in [-0.39, 0.29) is 11.7 Å². The molecule has 2 aromatic heterocycles. The first-order valence-electron chi connectivity index (χ1n) is 9.11. The first-order valence-corrected chi connectivity index (χ1v) is 9.11. The number of pyridine rings is 1. The summed E-state index contributed by atoms with van der Waals surface area (Å²) in [5, 5.41) is 12.7. The fraction of sp³-hybridized carbons (Fsp3) is 0.286. The molecule has 6 heteroatoms. The molecule has 0 aliphatic heterocycles. The largest absolute Gasteiger partial charge is 0.419 e. The van der Waals surface area contributed by atoms with E-state index in [1.54, 1.807) is 12.4 Å². The van der Waals surface area contributed by atoms with Crippen molar-refractivity contribution in [3.05, 3.63) is 66.1 Å². The zero-order chi connectivity index (χ0) is 19.1. The van der Waals surface area contributed by atoms with Gasteiger partial charge in [0.05, 0.1) is 11.6 Å². The summed E-state index contributed by atoms with van der Waals surface area (Å²) in [5.74, 6) is 0.783. The number of hydrogen-bond acceptors (Lipinski definition) is 6. The third-order valence-electron chi connectivity index (χ3n) is 4.54. The Morgan fingerprint density at radius 3 is 2.56 bits per heavy atom. The van der Waals surface area contributed by atoms with Crippen LogP contribution in [-0.4, -0.2) is 34.5 Å². The predicted octanol–water partition coefficient (Wildman–Crippen LogP) is 4.10. The second-order valence-electron chi connectivity index (χ2n) is 6.08. The summed E-state index contributed by atoms with van der Waals surface area (Å²) >= 11 is 0. The molecule has 3 aromatic rings. The minimum absolute atomic E-state index is 0.166. The molecule has 3 rings (SSSR count). The van der Waals surface area contributed by atoms with Crippen LogP contribution in [0.15, 0.2) is 59.3 Å². The zero-order valence-electron chi connectivity index (χ0n) is 15.6. The average molecular weight is 361 g/mol. The fourth-order valence-corrected chi connectivity index (χ4v) is 3.12. The van der Waals surface area contributed by atoms with Gasteiger partial charge >= 0.3 is 0 Å². The zero-order valence-corrected chi connectivity index (χ0v) is 15.6. The molecule has 1 atom stereocenters. The molecule has 1 unspecified atom stereocenters. The summed E-state index contributed by atoms with van der Waals surface area (Å²) < 4.78 is 5.82. The fourth-order valence-electron chi connectivity index (χ4n) is 3.12. The molecule has 1 aromatic carbocycles. The Hall–Kier alpha value is -3.17. The minimum atomic E-state index is 0.166. The van der Waals surface area contributed by atoms with Gasteiger partial charge in [0.25, 0.3) is 0 Å². The normalized spacial score (nSPS) is 11.9. The van der Waals surface area contributed by atoms with Crippen LogP contribution in [0.3, 0.4) is 0 Å². The molecule has 2 heterocycles. The van der Waals surface area contributed by atoms with Gasteiger partial charge in [0.1, 0.15) is 6.07 Å². The third kappa shape index (κ3) is 4.33. The second-order valence-corrected chi connectivity index (χ2v) is 6.08. The molecule has 6 nitrogen and oxygen atoms in total. The lowest BCUT2D eigenvalue weighted by molar-refractivity contribution is 0.227. The van der Waals surface area contributed by atoms with Crippen molar-refractivity contribution >= 4 is 5.88 Å². The quantitative estimate of drug-likeness (QED) is 0.651. The molecule has 138 valence electrons. The Morgan fingerprint density at radius 1 is 1.15 bits per heavy atom. The maximum absolute atomic E-state index is 9.42. The number of anilines is 1. The van der Waals surface area contributed by atoms with Gasteiger partial charge in [0, 0.05) is 18.9 Å². The molecule has 0 saturated heterocycles. The number of likely N-dealkylation sites (N-methyl/N-ethyl adjacent to an activating group) is 1. The number of nitrogens with one attached hydrogen (secondary N) is 1. The minimum Gasteiger partial charge on any atom is -0.419 e. The number of rotatable bonds is 8. The predicted molar refractivity (Wildman–Crippen MR) is 105 cm³/mol. The van der Waals surface area contributed by atoms with Crippen molar-refractivity contribution < 1.29 is 4.42 Å². The van der Waals surface area contributed by atoms with Crippen LogP contribution in [0.1, 0.15) is 31.1 Å². The molecule has 0 aliphatic carbocycles. The van der Waals surface area contributed by atoms with E-state index in [1.165, 1.54) is 5.56 Å². The standard InChI is InChI=1S/C21H23N5O/c1-3-26(4-2)19(16-9-6-5-7-10-16)15-24-21-18(13-22)25-20(27-21)17-11-8-12-23-14-17/h5-12,14,19,24H,3-4,15H2,1-2H3. The molecule has 0 bridgehead atoms. The number of oxazole rings is 1. The number of nitrogens with zero attached hydrogens (tertiary/aromatic N) is 4. The highest BCUT2D eigenvalue weighted by molar-refractivity contribution is 5.57. The van der Waals surface area contributed by atoms with Crippen LogP contribution in [0.25, 0.3) is 11.5 Å². The number of benzene rings is 1. The van der Waals surface area contributed by atoms with Crippen molar-refractivity contribution in [3.63, 3.8) is 0 Å². The first kappa shape index (κ1) is 18.6. The van der Waals surface area contributed by atoms with Gasteiger partial charge in [-0.1, -0.05) is 44.2 Å². The highest BCUT2D eigenvalue weighted by Gasteiger charge is 2.20. The summed E-state index contributed by atoms with van der Waals surface area (Å²) in [6.07, 6.45) is 3.35. The summed E-state index contributed by atoms with van der Waals surface area (Å²) in [7, 11) is 0. The van der Waals surface area contributed by atoms with Crippen LogP contribution in [0.2, 0.25) is 0 Å². The monoisotopic (exact) mass is 361 g/mol.